The Bertz CT molecular complexity index is 376. The molecule has 0 aliphatic heterocycles. The fourth-order valence-corrected chi connectivity index (χ4v) is 1.43. The molecule has 18 heavy (non-hydrogen) atoms. The molecule has 2 atom stereocenters. The molecule has 1 amide bonds. The van der Waals surface area contributed by atoms with Crippen molar-refractivity contribution >= 4 is 5.91 Å². The molecule has 4 heteroatoms. The minimum atomic E-state index is -0.438. The van der Waals surface area contributed by atoms with Gasteiger partial charge in [-0.1, -0.05) is 24.6 Å². The van der Waals surface area contributed by atoms with Gasteiger partial charge in [0.1, 0.15) is 12.4 Å². The van der Waals surface area contributed by atoms with E-state index in [-0.39, 0.29) is 11.9 Å². The number of ether oxygens (including phenoxy) is 1. The third-order valence-corrected chi connectivity index (χ3v) is 2.69. The Hall–Kier alpha value is -1.55. The van der Waals surface area contributed by atoms with Crippen molar-refractivity contribution in [2.75, 3.05) is 6.61 Å². The molecule has 0 saturated carbocycles. The maximum absolute atomic E-state index is 11.5. The largest absolute Gasteiger partial charge is 0.491 e. The van der Waals surface area contributed by atoms with Gasteiger partial charge in [-0.15, -0.1) is 0 Å². The number of hydrogen-bond donors (Lipinski definition) is 2. The van der Waals surface area contributed by atoms with Crippen LogP contribution in [0.1, 0.15) is 25.8 Å². The van der Waals surface area contributed by atoms with Crippen LogP contribution in [0.15, 0.2) is 24.3 Å². The summed E-state index contributed by atoms with van der Waals surface area (Å²) >= 11 is 0. The Balaban J connectivity index is 2.35. The zero-order chi connectivity index (χ0) is 13.5. The second-order valence-electron chi connectivity index (χ2n) is 4.55. The summed E-state index contributed by atoms with van der Waals surface area (Å²) in [5.74, 6) is 0.680. The summed E-state index contributed by atoms with van der Waals surface area (Å²) in [6, 6.07) is 7.32. The highest BCUT2D eigenvalue weighted by Gasteiger charge is 2.13. The lowest BCUT2D eigenvalue weighted by molar-refractivity contribution is -0.123. The number of amides is 1. The van der Waals surface area contributed by atoms with Crippen LogP contribution in [0, 0.1) is 6.92 Å². The summed E-state index contributed by atoms with van der Waals surface area (Å²) in [5.41, 5.74) is 6.83. The molecule has 0 aromatic heterocycles. The van der Waals surface area contributed by atoms with Crippen LogP contribution >= 0.6 is 0 Å². The third kappa shape index (κ3) is 4.75. The molecule has 2 unspecified atom stereocenters. The van der Waals surface area contributed by atoms with Crippen molar-refractivity contribution in [3.63, 3.8) is 0 Å². The number of carbonyl (C=O) groups excluding carboxylic acids is 1. The summed E-state index contributed by atoms with van der Waals surface area (Å²) in [5, 5.41) is 2.82. The summed E-state index contributed by atoms with van der Waals surface area (Å²) < 4.78 is 5.58. The fourth-order valence-electron chi connectivity index (χ4n) is 1.43. The molecule has 0 aliphatic carbocycles. The minimum absolute atomic E-state index is 0.0589. The quantitative estimate of drug-likeness (QED) is 0.806. The number of benzene rings is 1. The molecule has 0 radical (unpaired) electrons. The van der Waals surface area contributed by atoms with E-state index in [1.54, 1.807) is 0 Å². The van der Waals surface area contributed by atoms with Crippen LogP contribution in [0.4, 0.5) is 0 Å². The van der Waals surface area contributed by atoms with Gasteiger partial charge in [0.05, 0.1) is 12.1 Å². The molecule has 1 rings (SSSR count). The molecular weight excluding hydrogens is 228 g/mol. The molecule has 0 heterocycles. The van der Waals surface area contributed by atoms with E-state index in [1.807, 2.05) is 45.0 Å². The summed E-state index contributed by atoms with van der Waals surface area (Å²) in [4.78, 5) is 11.5. The topological polar surface area (TPSA) is 64.4 Å². The second-order valence-corrected chi connectivity index (χ2v) is 4.55. The SMILES string of the molecule is CCC(N)C(=O)NC(C)COc1ccc(C)cc1. The van der Waals surface area contributed by atoms with E-state index in [2.05, 4.69) is 5.32 Å². The average Bonchev–Trinajstić information content (AvgIpc) is 2.37. The van der Waals surface area contributed by atoms with Gasteiger partial charge in [-0.3, -0.25) is 4.79 Å². The van der Waals surface area contributed by atoms with Crippen LogP contribution in [-0.2, 0) is 4.79 Å². The maximum atomic E-state index is 11.5. The van der Waals surface area contributed by atoms with Gasteiger partial charge in [0.25, 0.3) is 0 Å². The fraction of sp³-hybridized carbons (Fsp3) is 0.500. The van der Waals surface area contributed by atoms with Crippen LogP contribution in [-0.4, -0.2) is 24.6 Å². The van der Waals surface area contributed by atoms with E-state index in [1.165, 1.54) is 5.56 Å². The highest BCUT2D eigenvalue weighted by molar-refractivity contribution is 5.81. The van der Waals surface area contributed by atoms with Crippen LogP contribution in [0.3, 0.4) is 0 Å². The molecule has 0 fully saturated rings. The third-order valence-electron chi connectivity index (χ3n) is 2.69. The number of rotatable bonds is 6. The number of nitrogens with one attached hydrogen (secondary N) is 1. The molecular formula is C14H22N2O2. The van der Waals surface area contributed by atoms with E-state index in [4.69, 9.17) is 10.5 Å². The number of nitrogens with two attached hydrogens (primary N) is 1. The number of aryl methyl sites for hydroxylation is 1. The smallest absolute Gasteiger partial charge is 0.237 e. The van der Waals surface area contributed by atoms with E-state index in [9.17, 15) is 4.79 Å². The molecule has 1 aromatic carbocycles. The van der Waals surface area contributed by atoms with Crippen molar-refractivity contribution in [3.8, 4) is 5.75 Å². The first-order valence-corrected chi connectivity index (χ1v) is 6.28. The van der Waals surface area contributed by atoms with E-state index in [0.717, 1.165) is 5.75 Å². The molecule has 0 bridgehead atoms. The Kier molecular flexibility index (Phi) is 5.65. The van der Waals surface area contributed by atoms with Crippen LogP contribution < -0.4 is 15.8 Å². The molecule has 100 valence electrons. The normalized spacial score (nSPS) is 13.8. The van der Waals surface area contributed by atoms with Crippen molar-refractivity contribution in [1.82, 2.24) is 5.32 Å². The predicted octanol–water partition coefficient (Wildman–Crippen LogP) is 1.62. The Morgan fingerprint density at radius 3 is 2.56 bits per heavy atom. The van der Waals surface area contributed by atoms with Crippen LogP contribution in [0.5, 0.6) is 5.75 Å². The summed E-state index contributed by atoms with van der Waals surface area (Å²) in [7, 11) is 0. The van der Waals surface area contributed by atoms with Gasteiger partial charge in [0, 0.05) is 0 Å². The van der Waals surface area contributed by atoms with Crippen molar-refractivity contribution in [2.24, 2.45) is 5.73 Å². The van der Waals surface area contributed by atoms with Gasteiger partial charge < -0.3 is 15.8 Å². The molecule has 1 aromatic rings. The zero-order valence-corrected chi connectivity index (χ0v) is 11.3. The Morgan fingerprint density at radius 2 is 2.00 bits per heavy atom. The van der Waals surface area contributed by atoms with E-state index in [0.29, 0.717) is 13.0 Å². The molecule has 3 N–H and O–H groups in total. The van der Waals surface area contributed by atoms with Crippen LogP contribution in [0.25, 0.3) is 0 Å². The average molecular weight is 250 g/mol. The van der Waals surface area contributed by atoms with Gasteiger partial charge in [0.15, 0.2) is 0 Å². The zero-order valence-electron chi connectivity index (χ0n) is 11.3. The number of hydrogen-bond acceptors (Lipinski definition) is 3. The van der Waals surface area contributed by atoms with Gasteiger partial charge >= 0.3 is 0 Å². The Labute approximate surface area is 109 Å². The van der Waals surface area contributed by atoms with Crippen molar-refractivity contribution < 1.29 is 9.53 Å². The van der Waals surface area contributed by atoms with E-state index >= 15 is 0 Å². The summed E-state index contributed by atoms with van der Waals surface area (Å²) in [6.07, 6.45) is 0.636. The monoisotopic (exact) mass is 250 g/mol. The van der Waals surface area contributed by atoms with Crippen molar-refractivity contribution in [3.05, 3.63) is 29.8 Å². The number of carbonyl (C=O) groups is 1. The van der Waals surface area contributed by atoms with Crippen molar-refractivity contribution in [1.29, 1.82) is 0 Å². The Morgan fingerprint density at radius 1 is 1.39 bits per heavy atom. The first kappa shape index (κ1) is 14.5. The summed E-state index contributed by atoms with van der Waals surface area (Å²) in [6.45, 7) is 6.25. The lowest BCUT2D eigenvalue weighted by Crippen LogP contribution is -2.45. The van der Waals surface area contributed by atoms with Crippen LogP contribution in [0.2, 0.25) is 0 Å². The first-order valence-electron chi connectivity index (χ1n) is 6.28. The van der Waals surface area contributed by atoms with Gasteiger partial charge in [-0.2, -0.15) is 0 Å². The van der Waals surface area contributed by atoms with E-state index < -0.39 is 6.04 Å². The van der Waals surface area contributed by atoms with Crippen molar-refractivity contribution in [2.45, 2.75) is 39.3 Å². The highest BCUT2D eigenvalue weighted by Crippen LogP contribution is 2.11. The second kappa shape index (κ2) is 7.01. The lowest BCUT2D eigenvalue weighted by atomic mass is 10.2. The molecule has 0 spiro atoms. The highest BCUT2D eigenvalue weighted by atomic mass is 16.5. The maximum Gasteiger partial charge on any atom is 0.237 e. The standard InChI is InChI=1S/C14H22N2O2/c1-4-13(15)14(17)16-11(3)9-18-12-7-5-10(2)6-8-12/h5-8,11,13H,4,9,15H2,1-3H3,(H,16,17). The molecule has 4 nitrogen and oxygen atoms in total. The lowest BCUT2D eigenvalue weighted by Gasteiger charge is -2.17. The first-order chi connectivity index (χ1) is 8.52. The minimum Gasteiger partial charge on any atom is -0.491 e. The van der Waals surface area contributed by atoms with Gasteiger partial charge in [0.2, 0.25) is 5.91 Å². The predicted molar refractivity (Wildman–Crippen MR) is 72.5 cm³/mol. The molecule has 0 saturated heterocycles. The van der Waals surface area contributed by atoms with Gasteiger partial charge in [-0.05, 0) is 32.4 Å². The van der Waals surface area contributed by atoms with Gasteiger partial charge in [-0.25, -0.2) is 0 Å². The molecule has 0 aliphatic rings.